The maximum Gasteiger partial charge on any atom is 0.291 e. The average Bonchev–Trinajstić information content (AvgIpc) is 3.14. The average molecular weight is 424 g/mol. The molecule has 26 heavy (non-hydrogen) atoms. The van der Waals surface area contributed by atoms with Gasteiger partial charge >= 0.3 is 0 Å². The van der Waals surface area contributed by atoms with E-state index in [9.17, 15) is 4.79 Å². The summed E-state index contributed by atoms with van der Waals surface area (Å²) in [6.07, 6.45) is 5.62. The van der Waals surface area contributed by atoms with Gasteiger partial charge in [-0.3, -0.25) is 4.79 Å². The largest absolute Gasteiger partial charge is 0.291 e. The van der Waals surface area contributed by atoms with Crippen molar-refractivity contribution in [2.45, 2.75) is 6.92 Å². The van der Waals surface area contributed by atoms with Crippen LogP contribution < -0.4 is 10.1 Å². The lowest BCUT2D eigenvalue weighted by Crippen LogP contribution is -2.23. The van der Waals surface area contributed by atoms with Crippen molar-refractivity contribution in [3.8, 4) is 0 Å². The number of aryl methyl sites for hydroxylation is 1. The normalized spacial score (nSPS) is 12.5. The topological polar surface area (TPSA) is 47.3 Å². The Kier molecular flexibility index (Phi) is 4.53. The Balaban J connectivity index is 1.67. The molecule has 0 N–H and O–H groups in total. The zero-order valence-electron chi connectivity index (χ0n) is 13.9. The van der Waals surface area contributed by atoms with Crippen molar-refractivity contribution in [3.05, 3.63) is 90.4 Å². The fourth-order valence-corrected chi connectivity index (χ4v) is 3.85. The van der Waals surface area contributed by atoms with E-state index in [2.05, 4.69) is 45.1 Å². The van der Waals surface area contributed by atoms with Gasteiger partial charge in [-0.05, 0) is 42.3 Å². The van der Waals surface area contributed by atoms with E-state index in [0.29, 0.717) is 15.3 Å². The summed E-state index contributed by atoms with van der Waals surface area (Å²) in [5, 5.41) is 4.31. The lowest BCUT2D eigenvalue weighted by atomic mass is 10.1. The second-order valence-electron chi connectivity index (χ2n) is 5.88. The van der Waals surface area contributed by atoms with Crippen LogP contribution in [0, 0.1) is 6.92 Å². The van der Waals surface area contributed by atoms with Crippen LogP contribution in [0.1, 0.15) is 22.5 Å². The highest BCUT2D eigenvalue weighted by Crippen LogP contribution is 2.13. The van der Waals surface area contributed by atoms with Crippen LogP contribution in [0.5, 0.6) is 0 Å². The fourth-order valence-electron chi connectivity index (χ4n) is 2.52. The summed E-state index contributed by atoms with van der Waals surface area (Å²) < 4.78 is 2.96. The molecule has 0 saturated carbocycles. The maximum absolute atomic E-state index is 12.5. The number of hydrogen-bond donors (Lipinski definition) is 0. The van der Waals surface area contributed by atoms with Crippen molar-refractivity contribution in [1.82, 2.24) is 14.6 Å². The lowest BCUT2D eigenvalue weighted by Gasteiger charge is -1.93. The van der Waals surface area contributed by atoms with Gasteiger partial charge < -0.3 is 0 Å². The first-order valence-electron chi connectivity index (χ1n) is 8.00. The zero-order chi connectivity index (χ0) is 18.1. The predicted molar refractivity (Wildman–Crippen MR) is 110 cm³/mol. The standard InChI is InChI=1S/C20H14BrN3OS/c1-13-5-7-14(8-6-13)9-10-18-22-20-24(23-18)19(25)17(26-20)12-15-3-2-4-16(21)11-15/h2-12H,1H3/b10-9+,17-12+. The van der Waals surface area contributed by atoms with Gasteiger partial charge in [-0.15, -0.1) is 5.10 Å². The molecule has 0 saturated heterocycles. The van der Waals surface area contributed by atoms with Gasteiger partial charge in [0.15, 0.2) is 5.82 Å². The molecule has 6 heteroatoms. The van der Waals surface area contributed by atoms with Crippen LogP contribution in [0.15, 0.2) is 57.8 Å². The second kappa shape index (κ2) is 6.97. The maximum atomic E-state index is 12.5. The quantitative estimate of drug-likeness (QED) is 0.501. The molecule has 0 aliphatic carbocycles. The van der Waals surface area contributed by atoms with Gasteiger partial charge in [0.1, 0.15) is 0 Å². The van der Waals surface area contributed by atoms with Crippen molar-refractivity contribution < 1.29 is 0 Å². The molecular formula is C20H14BrN3OS. The highest BCUT2D eigenvalue weighted by molar-refractivity contribution is 9.10. The molecular weight excluding hydrogens is 410 g/mol. The molecule has 128 valence electrons. The van der Waals surface area contributed by atoms with Crippen molar-refractivity contribution in [2.75, 3.05) is 0 Å². The number of nitrogens with zero attached hydrogens (tertiary/aromatic N) is 3. The Hall–Kier alpha value is -2.57. The van der Waals surface area contributed by atoms with Crippen LogP contribution in [-0.4, -0.2) is 14.6 Å². The molecule has 0 radical (unpaired) electrons. The van der Waals surface area contributed by atoms with Crippen molar-refractivity contribution >= 4 is 50.5 Å². The van der Waals surface area contributed by atoms with E-state index in [1.807, 2.05) is 54.6 Å². The molecule has 0 fully saturated rings. The molecule has 0 aliphatic rings. The summed E-state index contributed by atoms with van der Waals surface area (Å²) in [6.45, 7) is 2.05. The summed E-state index contributed by atoms with van der Waals surface area (Å²) in [5.41, 5.74) is 3.10. The Labute approximate surface area is 162 Å². The highest BCUT2D eigenvalue weighted by atomic mass is 79.9. The van der Waals surface area contributed by atoms with E-state index in [1.165, 1.54) is 21.4 Å². The summed E-state index contributed by atoms with van der Waals surface area (Å²) in [4.78, 5) is 17.6. The van der Waals surface area contributed by atoms with Gasteiger partial charge in [-0.1, -0.05) is 75.3 Å². The van der Waals surface area contributed by atoms with Crippen LogP contribution in [-0.2, 0) is 0 Å². The molecule has 0 spiro atoms. The van der Waals surface area contributed by atoms with Crippen molar-refractivity contribution in [3.63, 3.8) is 0 Å². The minimum Gasteiger partial charge on any atom is -0.266 e. The Morgan fingerprint density at radius 2 is 1.88 bits per heavy atom. The van der Waals surface area contributed by atoms with Gasteiger partial charge in [-0.2, -0.15) is 9.50 Å². The third-order valence-electron chi connectivity index (χ3n) is 3.85. The predicted octanol–water partition coefficient (Wildman–Crippen LogP) is 3.94. The summed E-state index contributed by atoms with van der Waals surface area (Å²) in [5.74, 6) is 0.530. The molecule has 4 nitrogen and oxygen atoms in total. The van der Waals surface area contributed by atoms with Crippen LogP contribution in [0.2, 0.25) is 0 Å². The smallest absolute Gasteiger partial charge is 0.266 e. The second-order valence-corrected chi connectivity index (χ2v) is 7.80. The molecule has 0 amide bonds. The molecule has 0 bridgehead atoms. The molecule has 4 aromatic rings. The summed E-state index contributed by atoms with van der Waals surface area (Å²) in [7, 11) is 0. The van der Waals surface area contributed by atoms with Gasteiger partial charge in [0.2, 0.25) is 4.96 Å². The van der Waals surface area contributed by atoms with Crippen molar-refractivity contribution in [2.24, 2.45) is 0 Å². The third kappa shape index (κ3) is 3.52. The molecule has 4 rings (SSSR count). The van der Waals surface area contributed by atoms with Crippen LogP contribution in [0.3, 0.4) is 0 Å². The molecule has 2 heterocycles. The number of rotatable bonds is 3. The van der Waals surface area contributed by atoms with E-state index in [4.69, 9.17) is 0 Å². The fraction of sp³-hybridized carbons (Fsp3) is 0.0500. The number of fused-ring (bicyclic) bond motifs is 1. The monoisotopic (exact) mass is 423 g/mol. The molecule has 2 aromatic carbocycles. The lowest BCUT2D eigenvalue weighted by molar-refractivity contribution is 0.925. The van der Waals surface area contributed by atoms with Crippen LogP contribution in [0.25, 0.3) is 23.2 Å². The third-order valence-corrected chi connectivity index (χ3v) is 5.30. The minimum absolute atomic E-state index is 0.146. The van der Waals surface area contributed by atoms with E-state index in [-0.39, 0.29) is 5.56 Å². The summed E-state index contributed by atoms with van der Waals surface area (Å²) >= 11 is 4.78. The molecule has 0 unspecified atom stereocenters. The van der Waals surface area contributed by atoms with E-state index >= 15 is 0 Å². The number of halogens is 1. The Morgan fingerprint density at radius 1 is 1.08 bits per heavy atom. The van der Waals surface area contributed by atoms with Crippen molar-refractivity contribution in [1.29, 1.82) is 0 Å². The first-order chi connectivity index (χ1) is 12.6. The van der Waals surface area contributed by atoms with E-state index < -0.39 is 0 Å². The SMILES string of the molecule is Cc1ccc(/C=C/c2nc3s/c(=C/c4cccc(Br)c4)c(=O)n3n2)cc1. The number of benzene rings is 2. The molecule has 0 atom stereocenters. The van der Waals surface area contributed by atoms with Crippen LogP contribution >= 0.6 is 27.3 Å². The molecule has 0 aliphatic heterocycles. The van der Waals surface area contributed by atoms with Gasteiger partial charge in [0.25, 0.3) is 5.56 Å². The van der Waals surface area contributed by atoms with Crippen LogP contribution in [0.4, 0.5) is 0 Å². The number of thiazole rings is 1. The number of aromatic nitrogens is 3. The van der Waals surface area contributed by atoms with Gasteiger partial charge in [0.05, 0.1) is 4.53 Å². The van der Waals surface area contributed by atoms with E-state index in [0.717, 1.165) is 15.6 Å². The zero-order valence-corrected chi connectivity index (χ0v) is 16.3. The Bertz CT molecular complexity index is 1220. The van der Waals surface area contributed by atoms with Gasteiger partial charge in [-0.25, -0.2) is 0 Å². The van der Waals surface area contributed by atoms with Gasteiger partial charge in [0, 0.05) is 4.47 Å². The number of hydrogen-bond acceptors (Lipinski definition) is 4. The first kappa shape index (κ1) is 16.9. The first-order valence-corrected chi connectivity index (χ1v) is 9.61. The Morgan fingerprint density at radius 3 is 2.62 bits per heavy atom. The summed E-state index contributed by atoms with van der Waals surface area (Å²) in [6, 6.07) is 16.0. The highest BCUT2D eigenvalue weighted by Gasteiger charge is 2.08. The molecule has 2 aromatic heterocycles. The minimum atomic E-state index is -0.146. The van der Waals surface area contributed by atoms with E-state index in [1.54, 1.807) is 0 Å².